The van der Waals surface area contributed by atoms with E-state index in [1.54, 1.807) is 23.5 Å². The van der Waals surface area contributed by atoms with E-state index in [1.807, 2.05) is 0 Å². The van der Waals surface area contributed by atoms with Gasteiger partial charge in [-0.05, 0) is 65.9 Å². The topological polar surface area (TPSA) is 92.5 Å². The maximum atomic E-state index is 12.1. The van der Waals surface area contributed by atoms with Crippen molar-refractivity contribution in [1.29, 1.82) is 0 Å². The molecular weight excluding hydrogens is 382 g/mol. The van der Waals surface area contributed by atoms with Crippen molar-refractivity contribution < 1.29 is 13.2 Å². The van der Waals surface area contributed by atoms with E-state index < -0.39 is 10.0 Å². The van der Waals surface area contributed by atoms with Crippen LogP contribution in [0, 0.1) is 0 Å². The third-order valence-corrected chi connectivity index (χ3v) is 6.54. The summed E-state index contributed by atoms with van der Waals surface area (Å²) in [6.45, 7) is 2.35. The molecule has 0 radical (unpaired) electrons. The molecule has 146 valence electrons. The molecule has 0 aliphatic carbocycles. The number of amides is 1. The Morgan fingerprint density at radius 1 is 1.26 bits per heavy atom. The van der Waals surface area contributed by atoms with Crippen molar-refractivity contribution >= 4 is 27.3 Å². The van der Waals surface area contributed by atoms with Crippen molar-refractivity contribution in [2.45, 2.75) is 36.6 Å². The Morgan fingerprint density at radius 2 is 2.04 bits per heavy atom. The zero-order chi connectivity index (χ0) is 19.3. The molecule has 1 aliphatic rings. The van der Waals surface area contributed by atoms with Crippen molar-refractivity contribution in [2.24, 2.45) is 5.14 Å². The molecule has 0 bridgehead atoms. The largest absolute Gasteiger partial charge is 0.356 e. The van der Waals surface area contributed by atoms with Crippen LogP contribution in [0.25, 0.3) is 0 Å². The second-order valence-electron chi connectivity index (χ2n) is 6.79. The summed E-state index contributed by atoms with van der Waals surface area (Å²) in [7, 11) is -3.66. The Kier molecular flexibility index (Phi) is 6.64. The van der Waals surface area contributed by atoms with Crippen molar-refractivity contribution in [3.63, 3.8) is 0 Å². The lowest BCUT2D eigenvalue weighted by Crippen LogP contribution is -2.31. The van der Waals surface area contributed by atoms with Gasteiger partial charge in [0.25, 0.3) is 0 Å². The monoisotopic (exact) mass is 407 g/mol. The van der Waals surface area contributed by atoms with E-state index in [0.29, 0.717) is 25.4 Å². The summed E-state index contributed by atoms with van der Waals surface area (Å²) in [5.74, 6) is 0.0483. The van der Waals surface area contributed by atoms with Crippen LogP contribution in [0.3, 0.4) is 0 Å². The highest BCUT2D eigenvalue weighted by Gasteiger charge is 2.26. The number of nitrogens with one attached hydrogen (secondary N) is 1. The highest BCUT2D eigenvalue weighted by molar-refractivity contribution is 7.89. The lowest BCUT2D eigenvalue weighted by Gasteiger charge is -2.23. The third-order valence-electron chi connectivity index (χ3n) is 4.91. The van der Waals surface area contributed by atoms with Gasteiger partial charge in [0.1, 0.15) is 0 Å². The van der Waals surface area contributed by atoms with Crippen LogP contribution < -0.4 is 10.5 Å². The van der Waals surface area contributed by atoms with E-state index in [4.69, 9.17) is 5.14 Å². The molecule has 1 aromatic carbocycles. The van der Waals surface area contributed by atoms with Gasteiger partial charge >= 0.3 is 0 Å². The molecule has 1 aliphatic heterocycles. The number of carbonyl (C=O) groups excluding carboxylic acids is 1. The summed E-state index contributed by atoms with van der Waals surface area (Å²) in [4.78, 5) is 14.6. The number of primary sulfonamides is 1. The SMILES string of the molecule is NS(=O)(=O)c1ccc(CCNC(=O)CCN2CCC[C@H]2c2ccsc2)cc1. The third kappa shape index (κ3) is 5.62. The smallest absolute Gasteiger partial charge is 0.238 e. The van der Waals surface area contributed by atoms with Gasteiger partial charge in [-0.15, -0.1) is 0 Å². The van der Waals surface area contributed by atoms with Gasteiger partial charge < -0.3 is 5.32 Å². The van der Waals surface area contributed by atoms with Crippen molar-refractivity contribution in [3.8, 4) is 0 Å². The van der Waals surface area contributed by atoms with Crippen LogP contribution >= 0.6 is 11.3 Å². The molecule has 1 amide bonds. The minimum absolute atomic E-state index is 0.0483. The zero-order valence-electron chi connectivity index (χ0n) is 15.1. The number of benzene rings is 1. The molecule has 2 aromatic rings. The molecule has 1 saturated heterocycles. The van der Waals surface area contributed by atoms with Gasteiger partial charge in [-0.2, -0.15) is 11.3 Å². The van der Waals surface area contributed by atoms with Gasteiger partial charge in [0, 0.05) is 25.6 Å². The van der Waals surface area contributed by atoms with Gasteiger partial charge in [0.05, 0.1) is 4.90 Å². The molecule has 0 unspecified atom stereocenters. The summed E-state index contributed by atoms with van der Waals surface area (Å²) >= 11 is 1.72. The van der Waals surface area contributed by atoms with Gasteiger partial charge in [0.15, 0.2) is 0 Å². The van der Waals surface area contributed by atoms with E-state index in [0.717, 1.165) is 25.1 Å². The molecule has 27 heavy (non-hydrogen) atoms. The molecule has 1 atom stereocenters. The highest BCUT2D eigenvalue weighted by Crippen LogP contribution is 2.32. The van der Waals surface area contributed by atoms with Crippen LogP contribution in [0.2, 0.25) is 0 Å². The quantitative estimate of drug-likeness (QED) is 0.702. The van der Waals surface area contributed by atoms with E-state index in [-0.39, 0.29) is 10.8 Å². The van der Waals surface area contributed by atoms with E-state index in [9.17, 15) is 13.2 Å². The number of hydrogen-bond donors (Lipinski definition) is 2. The normalized spacial score (nSPS) is 17.9. The fourth-order valence-electron chi connectivity index (χ4n) is 3.46. The molecule has 3 N–H and O–H groups in total. The minimum Gasteiger partial charge on any atom is -0.356 e. The number of sulfonamides is 1. The van der Waals surface area contributed by atoms with Gasteiger partial charge in [-0.1, -0.05) is 12.1 Å². The number of nitrogens with zero attached hydrogens (tertiary/aromatic N) is 1. The van der Waals surface area contributed by atoms with Crippen LogP contribution in [0.1, 0.15) is 36.4 Å². The van der Waals surface area contributed by atoms with Gasteiger partial charge in [-0.25, -0.2) is 13.6 Å². The van der Waals surface area contributed by atoms with E-state index in [2.05, 4.69) is 27.0 Å². The maximum absolute atomic E-state index is 12.1. The van der Waals surface area contributed by atoms with Crippen LogP contribution in [0.15, 0.2) is 46.0 Å². The molecule has 0 spiro atoms. The molecule has 3 rings (SSSR count). The molecule has 8 heteroatoms. The first kappa shape index (κ1) is 20.0. The van der Waals surface area contributed by atoms with Crippen molar-refractivity contribution in [3.05, 3.63) is 52.2 Å². The number of thiophene rings is 1. The summed E-state index contributed by atoms with van der Waals surface area (Å²) in [6.07, 6.45) is 3.48. The Balaban J connectivity index is 1.40. The van der Waals surface area contributed by atoms with Gasteiger partial charge in [0.2, 0.25) is 15.9 Å². The second-order valence-corrected chi connectivity index (χ2v) is 9.13. The molecule has 1 fully saturated rings. The zero-order valence-corrected chi connectivity index (χ0v) is 16.8. The highest BCUT2D eigenvalue weighted by atomic mass is 32.2. The average Bonchev–Trinajstić information content (AvgIpc) is 3.31. The van der Waals surface area contributed by atoms with Crippen LogP contribution in [-0.2, 0) is 21.2 Å². The fraction of sp³-hybridized carbons (Fsp3) is 0.421. The Hall–Kier alpha value is -1.74. The lowest BCUT2D eigenvalue weighted by atomic mass is 10.1. The second kappa shape index (κ2) is 8.97. The number of likely N-dealkylation sites (tertiary alicyclic amines) is 1. The van der Waals surface area contributed by atoms with E-state index >= 15 is 0 Å². The molecular formula is C19H25N3O3S2. The van der Waals surface area contributed by atoms with Gasteiger partial charge in [-0.3, -0.25) is 9.69 Å². The minimum atomic E-state index is -3.66. The predicted molar refractivity (Wildman–Crippen MR) is 107 cm³/mol. The predicted octanol–water partition coefficient (Wildman–Crippen LogP) is 2.28. The first-order chi connectivity index (χ1) is 12.9. The lowest BCUT2D eigenvalue weighted by molar-refractivity contribution is -0.121. The van der Waals surface area contributed by atoms with Crippen LogP contribution in [0.4, 0.5) is 0 Å². The maximum Gasteiger partial charge on any atom is 0.238 e. The number of nitrogens with two attached hydrogens (primary N) is 1. The van der Waals surface area contributed by atoms with Crippen molar-refractivity contribution in [1.82, 2.24) is 10.2 Å². The Bertz CT molecular complexity index is 849. The molecule has 2 heterocycles. The van der Waals surface area contributed by atoms with Crippen molar-refractivity contribution in [2.75, 3.05) is 19.6 Å². The molecule has 1 aromatic heterocycles. The summed E-state index contributed by atoms with van der Waals surface area (Å²) in [5.41, 5.74) is 2.32. The van der Waals surface area contributed by atoms with Crippen LogP contribution in [-0.4, -0.2) is 38.9 Å². The number of carbonyl (C=O) groups is 1. The molecule has 0 saturated carbocycles. The average molecular weight is 408 g/mol. The fourth-order valence-corrected chi connectivity index (χ4v) is 4.68. The first-order valence-electron chi connectivity index (χ1n) is 9.08. The Labute approximate surface area is 164 Å². The van der Waals surface area contributed by atoms with E-state index in [1.165, 1.54) is 24.1 Å². The van der Waals surface area contributed by atoms with Crippen LogP contribution in [0.5, 0.6) is 0 Å². The summed E-state index contributed by atoms with van der Waals surface area (Å²) < 4.78 is 22.5. The summed E-state index contributed by atoms with van der Waals surface area (Å²) in [5, 5.41) is 12.3. The summed E-state index contributed by atoms with van der Waals surface area (Å²) in [6, 6.07) is 9.05. The number of hydrogen-bond acceptors (Lipinski definition) is 5. The first-order valence-corrected chi connectivity index (χ1v) is 11.6. The standard InChI is InChI=1S/C19H25N3O3S2/c20-27(24,25)17-5-3-15(4-6-17)7-10-21-19(23)8-12-22-11-1-2-18(22)16-9-13-26-14-16/h3-6,9,13-14,18H,1-2,7-8,10-12H2,(H,21,23)(H2,20,24,25)/t18-/m0/s1. The Morgan fingerprint density at radius 3 is 2.70 bits per heavy atom. The molecule has 6 nitrogen and oxygen atoms in total. The number of rotatable bonds is 8.